The van der Waals surface area contributed by atoms with E-state index >= 15 is 0 Å². The predicted molar refractivity (Wildman–Crippen MR) is 86.1 cm³/mol. The van der Waals surface area contributed by atoms with E-state index in [4.69, 9.17) is 0 Å². The van der Waals surface area contributed by atoms with Crippen LogP contribution >= 0.6 is 0 Å². The lowest BCUT2D eigenvalue weighted by atomic mass is 10.1. The third-order valence-electron chi connectivity index (χ3n) is 3.89. The summed E-state index contributed by atoms with van der Waals surface area (Å²) in [4.78, 5) is 13.7. The molecule has 0 aliphatic rings. The molecule has 0 unspecified atom stereocenters. The van der Waals surface area contributed by atoms with Crippen LogP contribution in [0.1, 0.15) is 34.5 Å². The average molecular weight is 300 g/mol. The van der Waals surface area contributed by atoms with Gasteiger partial charge in [-0.2, -0.15) is 0 Å². The van der Waals surface area contributed by atoms with Crippen molar-refractivity contribution >= 4 is 5.91 Å². The fourth-order valence-electron chi connectivity index (χ4n) is 2.33. The van der Waals surface area contributed by atoms with Crippen molar-refractivity contribution in [3.8, 4) is 0 Å². The third-order valence-corrected chi connectivity index (χ3v) is 3.89. The van der Waals surface area contributed by atoms with E-state index in [9.17, 15) is 9.18 Å². The summed E-state index contributed by atoms with van der Waals surface area (Å²) in [5.41, 5.74) is 2.86. The molecule has 3 nitrogen and oxygen atoms in total. The number of nitrogens with one attached hydrogen (secondary N) is 1. The molecule has 0 bridgehead atoms. The van der Waals surface area contributed by atoms with Crippen LogP contribution in [0.15, 0.2) is 48.5 Å². The number of halogens is 1. The Labute approximate surface area is 130 Å². The van der Waals surface area contributed by atoms with Gasteiger partial charge in [-0.15, -0.1) is 0 Å². The number of nitrogens with zero attached hydrogens (tertiary/aromatic N) is 1. The number of carbonyl (C=O) groups excluding carboxylic acids is 1. The Morgan fingerprint density at radius 2 is 1.73 bits per heavy atom. The summed E-state index contributed by atoms with van der Waals surface area (Å²) in [5.74, 6) is -0.303. The molecule has 1 N–H and O–H groups in total. The monoisotopic (exact) mass is 300 g/mol. The molecule has 2 aromatic carbocycles. The molecule has 0 heterocycles. The second-order valence-electron chi connectivity index (χ2n) is 5.42. The van der Waals surface area contributed by atoms with Crippen LogP contribution < -0.4 is 5.32 Å². The SMILES string of the molecule is CNC(=O)c1ccc(CN(C)[C@@H](C)c2ccc(F)cc2)cc1. The Morgan fingerprint density at radius 3 is 2.27 bits per heavy atom. The van der Waals surface area contributed by atoms with Gasteiger partial charge in [-0.05, 0) is 49.4 Å². The van der Waals surface area contributed by atoms with Gasteiger partial charge in [-0.1, -0.05) is 24.3 Å². The number of amides is 1. The van der Waals surface area contributed by atoms with Crippen molar-refractivity contribution in [3.05, 3.63) is 71.0 Å². The first-order chi connectivity index (χ1) is 10.5. The van der Waals surface area contributed by atoms with Crippen LogP contribution in [0.4, 0.5) is 4.39 Å². The molecule has 0 radical (unpaired) electrons. The van der Waals surface area contributed by atoms with Gasteiger partial charge in [-0.3, -0.25) is 9.69 Å². The van der Waals surface area contributed by atoms with Crippen molar-refractivity contribution in [1.82, 2.24) is 10.2 Å². The Morgan fingerprint density at radius 1 is 1.14 bits per heavy atom. The van der Waals surface area contributed by atoms with E-state index in [1.807, 2.05) is 43.4 Å². The molecular weight excluding hydrogens is 279 g/mol. The molecular formula is C18H21FN2O. The fraction of sp³-hybridized carbons (Fsp3) is 0.278. The molecule has 0 saturated carbocycles. The summed E-state index contributed by atoms with van der Waals surface area (Å²) >= 11 is 0. The summed E-state index contributed by atoms with van der Waals surface area (Å²) in [7, 11) is 3.65. The second-order valence-corrected chi connectivity index (χ2v) is 5.42. The molecule has 2 rings (SSSR count). The molecule has 0 aliphatic heterocycles. The van der Waals surface area contributed by atoms with E-state index < -0.39 is 0 Å². The molecule has 0 aliphatic carbocycles. The summed E-state index contributed by atoms with van der Waals surface area (Å²) in [6.45, 7) is 2.85. The van der Waals surface area contributed by atoms with Gasteiger partial charge >= 0.3 is 0 Å². The zero-order chi connectivity index (χ0) is 16.1. The molecule has 0 spiro atoms. The molecule has 4 heteroatoms. The Kier molecular flexibility index (Phi) is 5.28. The van der Waals surface area contributed by atoms with Crippen LogP contribution in [0.3, 0.4) is 0 Å². The van der Waals surface area contributed by atoms with Crippen LogP contribution in [0.5, 0.6) is 0 Å². The normalized spacial score (nSPS) is 12.2. The zero-order valence-electron chi connectivity index (χ0n) is 13.1. The van der Waals surface area contributed by atoms with E-state index in [-0.39, 0.29) is 17.8 Å². The molecule has 22 heavy (non-hydrogen) atoms. The van der Waals surface area contributed by atoms with E-state index in [2.05, 4.69) is 17.1 Å². The number of hydrogen-bond acceptors (Lipinski definition) is 2. The van der Waals surface area contributed by atoms with Gasteiger partial charge in [0.2, 0.25) is 0 Å². The van der Waals surface area contributed by atoms with Gasteiger partial charge < -0.3 is 5.32 Å². The molecule has 1 atom stereocenters. The summed E-state index contributed by atoms with van der Waals surface area (Å²) < 4.78 is 13.0. The summed E-state index contributed by atoms with van der Waals surface area (Å²) in [6.07, 6.45) is 0. The largest absolute Gasteiger partial charge is 0.355 e. The van der Waals surface area contributed by atoms with E-state index in [1.54, 1.807) is 7.05 Å². The molecule has 116 valence electrons. The highest BCUT2D eigenvalue weighted by Crippen LogP contribution is 2.21. The van der Waals surface area contributed by atoms with Crippen molar-refractivity contribution in [3.63, 3.8) is 0 Å². The number of benzene rings is 2. The van der Waals surface area contributed by atoms with Gasteiger partial charge in [-0.25, -0.2) is 4.39 Å². The van der Waals surface area contributed by atoms with E-state index in [1.165, 1.54) is 12.1 Å². The minimum Gasteiger partial charge on any atom is -0.355 e. The Hall–Kier alpha value is -2.20. The van der Waals surface area contributed by atoms with Gasteiger partial charge in [0.15, 0.2) is 0 Å². The Bertz CT molecular complexity index is 623. The molecule has 1 amide bonds. The minimum atomic E-state index is -0.219. The quantitative estimate of drug-likeness (QED) is 0.918. The minimum absolute atomic E-state index is 0.0837. The molecule has 2 aromatic rings. The van der Waals surface area contributed by atoms with Crippen LogP contribution in [0.25, 0.3) is 0 Å². The molecule has 0 fully saturated rings. The first-order valence-corrected chi connectivity index (χ1v) is 7.28. The van der Waals surface area contributed by atoms with Crippen molar-refractivity contribution in [2.45, 2.75) is 19.5 Å². The highest BCUT2D eigenvalue weighted by Gasteiger charge is 2.12. The molecule has 0 aromatic heterocycles. The zero-order valence-corrected chi connectivity index (χ0v) is 13.1. The van der Waals surface area contributed by atoms with Gasteiger partial charge in [0.25, 0.3) is 5.91 Å². The smallest absolute Gasteiger partial charge is 0.251 e. The number of rotatable bonds is 5. The molecule has 0 saturated heterocycles. The summed E-state index contributed by atoms with van der Waals surface area (Å²) in [5, 5.41) is 2.61. The highest BCUT2D eigenvalue weighted by atomic mass is 19.1. The van der Waals surface area contributed by atoms with Crippen molar-refractivity contribution in [2.75, 3.05) is 14.1 Å². The maximum absolute atomic E-state index is 13.0. The van der Waals surface area contributed by atoms with Crippen molar-refractivity contribution in [1.29, 1.82) is 0 Å². The standard InChI is InChI=1S/C18H21FN2O/c1-13(15-8-10-17(19)11-9-15)21(3)12-14-4-6-16(7-5-14)18(22)20-2/h4-11,13H,12H2,1-3H3,(H,20,22)/t13-/m0/s1. The highest BCUT2D eigenvalue weighted by molar-refractivity contribution is 5.93. The second kappa shape index (κ2) is 7.18. The maximum Gasteiger partial charge on any atom is 0.251 e. The lowest BCUT2D eigenvalue weighted by Crippen LogP contribution is -2.22. The van der Waals surface area contributed by atoms with E-state index in [0.29, 0.717) is 5.56 Å². The van der Waals surface area contributed by atoms with Crippen molar-refractivity contribution < 1.29 is 9.18 Å². The predicted octanol–water partition coefficient (Wildman–Crippen LogP) is 3.38. The topological polar surface area (TPSA) is 32.3 Å². The van der Waals surface area contributed by atoms with Crippen LogP contribution in [-0.2, 0) is 6.54 Å². The number of hydrogen-bond donors (Lipinski definition) is 1. The van der Waals surface area contributed by atoms with Crippen LogP contribution in [0.2, 0.25) is 0 Å². The lowest BCUT2D eigenvalue weighted by molar-refractivity contribution is 0.0963. The van der Waals surface area contributed by atoms with Gasteiger partial charge in [0.05, 0.1) is 0 Å². The first kappa shape index (κ1) is 16.2. The van der Waals surface area contributed by atoms with Crippen molar-refractivity contribution in [2.24, 2.45) is 0 Å². The van der Waals surface area contributed by atoms with E-state index in [0.717, 1.165) is 17.7 Å². The van der Waals surface area contributed by atoms with Gasteiger partial charge in [0.1, 0.15) is 5.82 Å². The number of carbonyl (C=O) groups is 1. The average Bonchev–Trinajstić information content (AvgIpc) is 2.54. The van der Waals surface area contributed by atoms with Crippen LogP contribution in [-0.4, -0.2) is 24.9 Å². The third kappa shape index (κ3) is 3.92. The summed E-state index contributed by atoms with van der Waals surface area (Å²) in [6, 6.07) is 14.3. The van der Waals surface area contributed by atoms with Gasteiger partial charge in [0, 0.05) is 25.2 Å². The Balaban J connectivity index is 2.03. The first-order valence-electron chi connectivity index (χ1n) is 7.28. The lowest BCUT2D eigenvalue weighted by Gasteiger charge is -2.25. The maximum atomic E-state index is 13.0. The van der Waals surface area contributed by atoms with Crippen LogP contribution in [0, 0.1) is 5.82 Å². The fourth-order valence-corrected chi connectivity index (χ4v) is 2.33.